The summed E-state index contributed by atoms with van der Waals surface area (Å²) in [6.07, 6.45) is 14.9. The van der Waals surface area contributed by atoms with Crippen molar-refractivity contribution in [1.82, 2.24) is 10.6 Å². The first-order valence-electron chi connectivity index (χ1n) is 16.6. The number of rotatable bonds is 14. The number of nitrogens with one attached hydrogen (secondary N) is 2. The van der Waals surface area contributed by atoms with Gasteiger partial charge in [0, 0.05) is 12.5 Å². The standard InChI is InChI=1S/C34H61N3O2/c1-23(2)30(38)12-9-24(3)27-10-11-28-32-29(14-16-34(27,28)5)33(4)15-13-26(21-25(33)22-31(32)39)37-20-8-19-36-18-7-6-17-35/h24-29,31-32,36-37,39H,1,6-22,35H2,2-5H3/t24-,25-,26+,27?,28?,29?,31-,32?,33+,34-/m1/s1. The first-order valence-corrected chi connectivity index (χ1v) is 16.6. The lowest BCUT2D eigenvalue weighted by molar-refractivity contribution is -0.167. The highest BCUT2D eigenvalue weighted by molar-refractivity contribution is 5.94. The third kappa shape index (κ3) is 6.68. The second-order valence-electron chi connectivity index (χ2n) is 14.8. The molecule has 0 aromatic rings. The lowest BCUT2D eigenvalue weighted by Crippen LogP contribution is -2.59. The maximum absolute atomic E-state index is 12.2. The van der Waals surface area contributed by atoms with Crippen LogP contribution in [0.25, 0.3) is 0 Å². The largest absolute Gasteiger partial charge is 0.393 e. The summed E-state index contributed by atoms with van der Waals surface area (Å²) in [6, 6.07) is 0.608. The second kappa shape index (κ2) is 13.5. The van der Waals surface area contributed by atoms with Crippen LogP contribution in [-0.2, 0) is 4.79 Å². The van der Waals surface area contributed by atoms with Crippen molar-refractivity contribution in [2.75, 3.05) is 26.2 Å². The SMILES string of the molecule is C=C(C)C(=O)CC[C@@H](C)C1CCC2C3C(CC[C@@]21C)[C@@]1(C)CC[C@H](NCCCNCCCCN)C[C@@H]1C[C@H]3O. The van der Waals surface area contributed by atoms with Gasteiger partial charge in [0.05, 0.1) is 6.10 Å². The number of aliphatic hydroxyl groups excluding tert-OH is 1. The van der Waals surface area contributed by atoms with Crippen molar-refractivity contribution in [3.05, 3.63) is 12.2 Å². The van der Waals surface area contributed by atoms with Crippen molar-refractivity contribution < 1.29 is 9.90 Å². The molecule has 0 aromatic carbocycles. The summed E-state index contributed by atoms with van der Waals surface area (Å²) in [4.78, 5) is 12.2. The first-order chi connectivity index (χ1) is 18.6. The number of hydrogen-bond donors (Lipinski definition) is 4. The van der Waals surface area contributed by atoms with Gasteiger partial charge >= 0.3 is 0 Å². The molecule has 0 heterocycles. The molecule has 0 amide bonds. The van der Waals surface area contributed by atoms with Gasteiger partial charge < -0.3 is 21.5 Å². The highest BCUT2D eigenvalue weighted by atomic mass is 16.3. The molecule has 0 saturated heterocycles. The molecule has 10 atom stereocenters. The van der Waals surface area contributed by atoms with E-state index >= 15 is 0 Å². The number of carbonyl (C=O) groups excluding carboxylic acids is 1. The van der Waals surface area contributed by atoms with E-state index in [1.807, 2.05) is 6.92 Å². The number of hydrogen-bond acceptors (Lipinski definition) is 5. The van der Waals surface area contributed by atoms with E-state index in [9.17, 15) is 9.90 Å². The van der Waals surface area contributed by atoms with Crippen molar-refractivity contribution in [3.63, 3.8) is 0 Å². The number of ketones is 1. The molecule has 5 heteroatoms. The Balaban J connectivity index is 1.31. The lowest BCUT2D eigenvalue weighted by Gasteiger charge is -2.62. The van der Waals surface area contributed by atoms with E-state index in [4.69, 9.17) is 5.73 Å². The van der Waals surface area contributed by atoms with Gasteiger partial charge in [-0.15, -0.1) is 0 Å². The Kier molecular flexibility index (Phi) is 10.8. The van der Waals surface area contributed by atoms with Crippen molar-refractivity contribution in [2.24, 2.45) is 52.1 Å². The van der Waals surface area contributed by atoms with Gasteiger partial charge in [0.2, 0.25) is 0 Å². The molecule has 4 rings (SSSR count). The van der Waals surface area contributed by atoms with Crippen molar-refractivity contribution in [1.29, 1.82) is 0 Å². The van der Waals surface area contributed by atoms with Crippen LogP contribution in [0.5, 0.6) is 0 Å². The van der Waals surface area contributed by atoms with E-state index < -0.39 is 0 Å². The monoisotopic (exact) mass is 543 g/mol. The summed E-state index contributed by atoms with van der Waals surface area (Å²) in [6.45, 7) is 17.3. The topological polar surface area (TPSA) is 87.4 Å². The predicted molar refractivity (Wildman–Crippen MR) is 162 cm³/mol. The normalized spacial score (nSPS) is 40.4. The van der Waals surface area contributed by atoms with E-state index in [0.29, 0.717) is 64.4 Å². The highest BCUT2D eigenvalue weighted by Crippen LogP contribution is 2.68. The molecule has 4 aliphatic rings. The van der Waals surface area contributed by atoms with Gasteiger partial charge in [-0.3, -0.25) is 4.79 Å². The fourth-order valence-electron chi connectivity index (χ4n) is 10.2. The van der Waals surface area contributed by atoms with Crippen LogP contribution >= 0.6 is 0 Å². The van der Waals surface area contributed by atoms with E-state index in [1.165, 1.54) is 57.8 Å². The van der Waals surface area contributed by atoms with Crippen LogP contribution in [0.1, 0.15) is 111 Å². The number of unbranched alkanes of at least 4 members (excludes halogenated alkanes) is 1. The molecular formula is C34H61N3O2. The zero-order valence-electron chi connectivity index (χ0n) is 25.8. The number of carbonyl (C=O) groups is 1. The van der Waals surface area contributed by atoms with Crippen LogP contribution < -0.4 is 16.4 Å². The molecule has 224 valence electrons. The van der Waals surface area contributed by atoms with Crippen LogP contribution in [0.2, 0.25) is 0 Å². The zero-order chi connectivity index (χ0) is 28.2. The van der Waals surface area contributed by atoms with Crippen LogP contribution in [0.3, 0.4) is 0 Å². The zero-order valence-corrected chi connectivity index (χ0v) is 25.8. The maximum Gasteiger partial charge on any atom is 0.157 e. The van der Waals surface area contributed by atoms with E-state index in [2.05, 4.69) is 38.0 Å². The van der Waals surface area contributed by atoms with Crippen LogP contribution in [0, 0.1) is 46.3 Å². The van der Waals surface area contributed by atoms with Gasteiger partial charge in [0.1, 0.15) is 0 Å². The molecular weight excluding hydrogens is 482 g/mol. The lowest BCUT2D eigenvalue weighted by atomic mass is 9.43. The Bertz CT molecular complexity index is 831. The summed E-state index contributed by atoms with van der Waals surface area (Å²) < 4.78 is 0. The fraction of sp³-hybridized carbons (Fsp3) is 0.912. The molecule has 0 aromatic heterocycles. The summed E-state index contributed by atoms with van der Waals surface area (Å²) in [5, 5.41) is 19.1. The van der Waals surface area contributed by atoms with Crippen molar-refractivity contribution in [3.8, 4) is 0 Å². The van der Waals surface area contributed by atoms with Gasteiger partial charge in [-0.25, -0.2) is 0 Å². The average molecular weight is 544 g/mol. The molecule has 4 fully saturated rings. The Hall–Kier alpha value is -0.750. The van der Waals surface area contributed by atoms with Gasteiger partial charge in [-0.05, 0) is 162 Å². The summed E-state index contributed by atoms with van der Waals surface area (Å²) >= 11 is 0. The maximum atomic E-state index is 12.2. The van der Waals surface area contributed by atoms with Crippen LogP contribution in [-0.4, -0.2) is 49.2 Å². The minimum absolute atomic E-state index is 0.145. The first kappa shape index (κ1) is 31.2. The average Bonchev–Trinajstić information content (AvgIpc) is 3.26. The molecule has 0 spiro atoms. The number of aliphatic hydroxyl groups is 1. The number of nitrogens with two attached hydrogens (primary N) is 1. The Morgan fingerprint density at radius 3 is 2.46 bits per heavy atom. The molecule has 0 radical (unpaired) electrons. The smallest absolute Gasteiger partial charge is 0.157 e. The van der Waals surface area contributed by atoms with E-state index in [1.54, 1.807) is 0 Å². The Morgan fingerprint density at radius 2 is 1.72 bits per heavy atom. The molecule has 0 bridgehead atoms. The van der Waals surface area contributed by atoms with Gasteiger partial charge in [-0.2, -0.15) is 0 Å². The molecule has 4 unspecified atom stereocenters. The van der Waals surface area contributed by atoms with Gasteiger partial charge in [-0.1, -0.05) is 27.4 Å². The number of allylic oxidation sites excluding steroid dienone is 1. The summed E-state index contributed by atoms with van der Waals surface area (Å²) in [7, 11) is 0. The third-order valence-corrected chi connectivity index (χ3v) is 12.5. The molecule has 4 aliphatic carbocycles. The molecule has 0 aliphatic heterocycles. The number of fused-ring (bicyclic) bond motifs is 5. The Morgan fingerprint density at radius 1 is 1.00 bits per heavy atom. The highest BCUT2D eigenvalue weighted by Gasteiger charge is 2.62. The minimum atomic E-state index is -0.145. The van der Waals surface area contributed by atoms with Crippen LogP contribution in [0.15, 0.2) is 12.2 Å². The quantitative estimate of drug-likeness (QED) is 0.163. The van der Waals surface area contributed by atoms with Crippen molar-refractivity contribution >= 4 is 5.78 Å². The summed E-state index contributed by atoms with van der Waals surface area (Å²) in [5.41, 5.74) is 6.97. The number of Topliss-reactive ketones (excluding diaryl/α,β-unsaturated/α-hetero) is 1. The minimum Gasteiger partial charge on any atom is -0.393 e. The van der Waals surface area contributed by atoms with Crippen LogP contribution in [0.4, 0.5) is 0 Å². The predicted octanol–water partition coefficient (Wildman–Crippen LogP) is 5.85. The molecule has 5 N–H and O–H groups in total. The van der Waals surface area contributed by atoms with Gasteiger partial charge in [0.25, 0.3) is 0 Å². The third-order valence-electron chi connectivity index (χ3n) is 12.5. The molecule has 39 heavy (non-hydrogen) atoms. The van der Waals surface area contributed by atoms with E-state index in [-0.39, 0.29) is 11.9 Å². The van der Waals surface area contributed by atoms with Crippen molar-refractivity contribution in [2.45, 2.75) is 123 Å². The summed E-state index contributed by atoms with van der Waals surface area (Å²) in [5.74, 6) is 3.88. The van der Waals surface area contributed by atoms with E-state index in [0.717, 1.165) is 45.4 Å². The molecule has 4 saturated carbocycles. The molecule has 5 nitrogen and oxygen atoms in total. The Labute approximate surface area is 239 Å². The van der Waals surface area contributed by atoms with Gasteiger partial charge in [0.15, 0.2) is 5.78 Å². The fourth-order valence-corrected chi connectivity index (χ4v) is 10.2. The second-order valence-corrected chi connectivity index (χ2v) is 14.8.